The van der Waals surface area contributed by atoms with Crippen LogP contribution >= 0.6 is 10.7 Å². The molecular formula is C12H16ClNO4S2. The summed E-state index contributed by atoms with van der Waals surface area (Å²) in [4.78, 5) is -0.321. The van der Waals surface area contributed by atoms with E-state index >= 15 is 0 Å². The van der Waals surface area contributed by atoms with Gasteiger partial charge in [-0.15, -0.1) is 0 Å². The van der Waals surface area contributed by atoms with E-state index in [-0.39, 0.29) is 15.8 Å². The Morgan fingerprint density at radius 3 is 2.40 bits per heavy atom. The zero-order valence-electron chi connectivity index (χ0n) is 10.9. The van der Waals surface area contributed by atoms with E-state index < -0.39 is 19.1 Å². The summed E-state index contributed by atoms with van der Waals surface area (Å²) in [6.45, 7) is 1.80. The highest BCUT2D eigenvalue weighted by Crippen LogP contribution is 2.33. The van der Waals surface area contributed by atoms with E-state index in [0.29, 0.717) is 5.92 Å². The van der Waals surface area contributed by atoms with E-state index in [9.17, 15) is 16.8 Å². The SMILES string of the molecule is CC(CC1CC1)NS(=O)(=O)c1cccc(S(=O)(=O)Cl)c1. The lowest BCUT2D eigenvalue weighted by Gasteiger charge is -2.14. The average molecular weight is 338 g/mol. The van der Waals surface area contributed by atoms with Crippen molar-refractivity contribution in [3.63, 3.8) is 0 Å². The van der Waals surface area contributed by atoms with Crippen molar-refractivity contribution in [3.8, 4) is 0 Å². The molecule has 8 heteroatoms. The van der Waals surface area contributed by atoms with Crippen molar-refractivity contribution in [1.82, 2.24) is 4.72 Å². The topological polar surface area (TPSA) is 80.3 Å². The minimum Gasteiger partial charge on any atom is -0.208 e. The first kappa shape index (κ1) is 15.8. The Labute approximate surface area is 123 Å². The maximum absolute atomic E-state index is 12.2. The summed E-state index contributed by atoms with van der Waals surface area (Å²) in [5.74, 6) is 0.599. The van der Waals surface area contributed by atoms with Gasteiger partial charge in [0.2, 0.25) is 10.0 Å². The first-order chi connectivity index (χ1) is 9.18. The molecule has 1 saturated carbocycles. The van der Waals surface area contributed by atoms with E-state index in [1.165, 1.54) is 18.2 Å². The standard InChI is InChI=1S/C12H16ClNO4S2/c1-9(7-10-5-6-10)14-20(17,18)12-4-2-3-11(8-12)19(13,15)16/h2-4,8-10,14H,5-7H2,1H3. The summed E-state index contributed by atoms with van der Waals surface area (Å²) < 4.78 is 49.4. The third kappa shape index (κ3) is 4.18. The zero-order valence-corrected chi connectivity index (χ0v) is 13.3. The lowest BCUT2D eigenvalue weighted by molar-refractivity contribution is 0.530. The highest BCUT2D eigenvalue weighted by atomic mass is 35.7. The van der Waals surface area contributed by atoms with Gasteiger partial charge in [-0.3, -0.25) is 0 Å². The van der Waals surface area contributed by atoms with Crippen molar-refractivity contribution >= 4 is 29.8 Å². The molecule has 0 bridgehead atoms. The molecule has 1 unspecified atom stereocenters. The fourth-order valence-electron chi connectivity index (χ4n) is 2.03. The molecule has 0 aromatic heterocycles. The third-order valence-electron chi connectivity index (χ3n) is 3.14. The second kappa shape index (κ2) is 5.63. The second-order valence-corrected chi connectivity index (χ2v) is 9.39. The molecule has 5 nitrogen and oxygen atoms in total. The van der Waals surface area contributed by atoms with Gasteiger partial charge >= 0.3 is 0 Å². The number of hydrogen-bond acceptors (Lipinski definition) is 4. The van der Waals surface area contributed by atoms with E-state index in [4.69, 9.17) is 10.7 Å². The van der Waals surface area contributed by atoms with Crippen molar-refractivity contribution in [1.29, 1.82) is 0 Å². The third-order valence-corrected chi connectivity index (χ3v) is 6.08. The molecular weight excluding hydrogens is 322 g/mol. The van der Waals surface area contributed by atoms with Gasteiger partial charge in [0.1, 0.15) is 0 Å². The van der Waals surface area contributed by atoms with Crippen molar-refractivity contribution in [2.45, 2.75) is 42.0 Å². The van der Waals surface area contributed by atoms with Crippen LogP contribution < -0.4 is 4.72 Å². The van der Waals surface area contributed by atoms with Crippen molar-refractivity contribution in [2.24, 2.45) is 5.92 Å². The van der Waals surface area contributed by atoms with Gasteiger partial charge < -0.3 is 0 Å². The monoisotopic (exact) mass is 337 g/mol. The molecule has 0 heterocycles. The van der Waals surface area contributed by atoms with Gasteiger partial charge in [-0.25, -0.2) is 21.6 Å². The van der Waals surface area contributed by atoms with E-state index in [0.717, 1.165) is 25.3 Å². The minimum absolute atomic E-state index is 0.0955. The highest BCUT2D eigenvalue weighted by Gasteiger charge is 2.26. The molecule has 0 saturated heterocycles. The Bertz CT molecular complexity index is 696. The summed E-state index contributed by atoms with van der Waals surface area (Å²) in [6.07, 6.45) is 3.09. The minimum atomic E-state index is -3.94. The molecule has 1 fully saturated rings. The highest BCUT2D eigenvalue weighted by molar-refractivity contribution is 8.13. The number of hydrogen-bond donors (Lipinski definition) is 1. The number of nitrogens with one attached hydrogen (secondary N) is 1. The maximum Gasteiger partial charge on any atom is 0.261 e. The molecule has 1 aromatic rings. The van der Waals surface area contributed by atoms with E-state index in [1.54, 1.807) is 6.92 Å². The Morgan fingerprint density at radius 1 is 1.25 bits per heavy atom. The van der Waals surface area contributed by atoms with Gasteiger partial charge in [-0.1, -0.05) is 18.9 Å². The molecule has 112 valence electrons. The molecule has 0 radical (unpaired) electrons. The summed E-state index contributed by atoms with van der Waals surface area (Å²) in [7, 11) is -2.46. The number of benzene rings is 1. The van der Waals surface area contributed by atoms with Crippen LogP contribution in [0.5, 0.6) is 0 Å². The van der Waals surface area contributed by atoms with Crippen molar-refractivity contribution in [2.75, 3.05) is 0 Å². The van der Waals surface area contributed by atoms with Crippen LogP contribution in [-0.4, -0.2) is 22.9 Å². The van der Waals surface area contributed by atoms with Crippen LogP contribution in [0.2, 0.25) is 0 Å². The van der Waals surface area contributed by atoms with Crippen LogP contribution in [0.25, 0.3) is 0 Å². The number of halogens is 1. The Kier molecular flexibility index (Phi) is 4.44. The Hall–Kier alpha value is -0.630. The largest absolute Gasteiger partial charge is 0.261 e. The molecule has 1 aromatic carbocycles. The average Bonchev–Trinajstić information content (AvgIpc) is 3.11. The van der Waals surface area contributed by atoms with E-state index in [1.807, 2.05) is 0 Å². The lowest BCUT2D eigenvalue weighted by Crippen LogP contribution is -2.33. The smallest absolute Gasteiger partial charge is 0.208 e. The van der Waals surface area contributed by atoms with Gasteiger partial charge in [0.05, 0.1) is 9.79 Å². The van der Waals surface area contributed by atoms with Gasteiger partial charge in [-0.2, -0.15) is 0 Å². The Balaban J connectivity index is 2.20. The predicted octanol–water partition coefficient (Wildman–Crippen LogP) is 2.08. The van der Waals surface area contributed by atoms with Crippen molar-refractivity contribution in [3.05, 3.63) is 24.3 Å². The normalized spacial score (nSPS) is 17.9. The van der Waals surface area contributed by atoms with Gasteiger partial charge in [-0.05, 0) is 37.5 Å². The number of rotatable bonds is 6. The molecule has 1 aliphatic rings. The first-order valence-corrected chi connectivity index (χ1v) is 10.0. The fourth-order valence-corrected chi connectivity index (χ4v) is 4.20. The second-order valence-electron chi connectivity index (χ2n) is 5.11. The maximum atomic E-state index is 12.2. The van der Waals surface area contributed by atoms with Crippen LogP contribution in [0.4, 0.5) is 0 Å². The summed E-state index contributed by atoms with van der Waals surface area (Å²) in [6, 6.07) is 4.85. The van der Waals surface area contributed by atoms with Gasteiger partial charge in [0.25, 0.3) is 9.05 Å². The predicted molar refractivity (Wildman–Crippen MR) is 76.6 cm³/mol. The quantitative estimate of drug-likeness (QED) is 0.806. The molecule has 1 N–H and O–H groups in total. The summed E-state index contributed by atoms with van der Waals surface area (Å²) in [5, 5.41) is 0. The molecule has 0 amide bonds. The van der Waals surface area contributed by atoms with Crippen LogP contribution in [-0.2, 0) is 19.1 Å². The van der Waals surface area contributed by atoms with Crippen LogP contribution in [0, 0.1) is 5.92 Å². The molecule has 0 aliphatic heterocycles. The summed E-state index contributed by atoms with van der Waals surface area (Å²) >= 11 is 0. The van der Waals surface area contributed by atoms with E-state index in [2.05, 4.69) is 4.72 Å². The van der Waals surface area contributed by atoms with Crippen LogP contribution in [0.3, 0.4) is 0 Å². The molecule has 0 spiro atoms. The zero-order chi connectivity index (χ0) is 15.0. The fraction of sp³-hybridized carbons (Fsp3) is 0.500. The van der Waals surface area contributed by atoms with Crippen LogP contribution in [0.15, 0.2) is 34.1 Å². The molecule has 2 rings (SSSR count). The number of sulfonamides is 1. The van der Waals surface area contributed by atoms with Crippen molar-refractivity contribution < 1.29 is 16.8 Å². The molecule has 20 heavy (non-hydrogen) atoms. The van der Waals surface area contributed by atoms with Gasteiger partial charge in [0.15, 0.2) is 0 Å². The molecule has 1 atom stereocenters. The molecule has 1 aliphatic carbocycles. The van der Waals surface area contributed by atoms with Crippen LogP contribution in [0.1, 0.15) is 26.2 Å². The first-order valence-electron chi connectivity index (χ1n) is 6.25. The lowest BCUT2D eigenvalue weighted by atomic mass is 10.2. The van der Waals surface area contributed by atoms with Gasteiger partial charge in [0, 0.05) is 16.7 Å². The Morgan fingerprint density at radius 2 is 1.85 bits per heavy atom. The summed E-state index contributed by atoms with van der Waals surface area (Å²) in [5.41, 5.74) is 0.